The van der Waals surface area contributed by atoms with Crippen LogP contribution in [-0.4, -0.2) is 17.1 Å². The van der Waals surface area contributed by atoms with Gasteiger partial charge in [0.2, 0.25) is 0 Å². The molecule has 0 aromatic rings. The van der Waals surface area contributed by atoms with Crippen LogP contribution in [0.15, 0.2) is 0 Å². The van der Waals surface area contributed by atoms with E-state index in [-0.39, 0.29) is 0 Å². The molecule has 3 N–H and O–H groups in total. The minimum atomic E-state index is -0.620. The molecular weight excluding hydrogens is 134 g/mol. The van der Waals surface area contributed by atoms with E-state index in [1.165, 1.54) is 0 Å². The second-order valence-corrected chi connectivity index (χ2v) is 2.59. The third kappa shape index (κ3) is 8.27. The van der Waals surface area contributed by atoms with Crippen molar-refractivity contribution in [3.8, 4) is 0 Å². The number of rotatable bonds is 5. The third-order valence-electron chi connectivity index (χ3n) is 1.16. The number of unbranched alkanes of at least 4 members (excludes halogenated alkanes) is 2. The SMILES string of the molecule is NC(O)CCCCCS. The summed E-state index contributed by atoms with van der Waals surface area (Å²) in [6.07, 6.45) is 3.35. The van der Waals surface area contributed by atoms with Gasteiger partial charge in [-0.05, 0) is 25.0 Å². The van der Waals surface area contributed by atoms with Crippen molar-refractivity contribution in [3.63, 3.8) is 0 Å². The summed E-state index contributed by atoms with van der Waals surface area (Å²) in [5.74, 6) is 0.931. The van der Waals surface area contributed by atoms with Crippen LogP contribution in [0.3, 0.4) is 0 Å². The Morgan fingerprint density at radius 2 is 2.00 bits per heavy atom. The summed E-state index contributed by atoms with van der Waals surface area (Å²) in [5.41, 5.74) is 5.11. The minimum absolute atomic E-state index is 0.620. The van der Waals surface area contributed by atoms with E-state index < -0.39 is 6.23 Å². The summed E-state index contributed by atoms with van der Waals surface area (Å²) >= 11 is 4.05. The average molecular weight is 149 g/mol. The fraction of sp³-hybridized carbons (Fsp3) is 1.00. The van der Waals surface area contributed by atoms with Crippen LogP contribution >= 0.6 is 12.6 Å². The fourth-order valence-corrected chi connectivity index (χ4v) is 0.866. The lowest BCUT2D eigenvalue weighted by Gasteiger charge is -2.01. The predicted octanol–water partition coefficient (Wildman–Crippen LogP) is 0.754. The molecule has 0 saturated heterocycles. The molecule has 0 spiro atoms. The molecule has 56 valence electrons. The van der Waals surface area contributed by atoms with E-state index in [0.717, 1.165) is 25.0 Å². The van der Waals surface area contributed by atoms with Crippen molar-refractivity contribution in [2.24, 2.45) is 5.73 Å². The summed E-state index contributed by atoms with van der Waals surface area (Å²) in [7, 11) is 0. The summed E-state index contributed by atoms with van der Waals surface area (Å²) < 4.78 is 0. The molecule has 0 aromatic heterocycles. The van der Waals surface area contributed by atoms with E-state index in [4.69, 9.17) is 10.8 Å². The Morgan fingerprint density at radius 3 is 2.44 bits per heavy atom. The molecule has 0 aromatic carbocycles. The van der Waals surface area contributed by atoms with Crippen LogP contribution in [0.1, 0.15) is 25.7 Å². The summed E-state index contributed by atoms with van der Waals surface area (Å²) in [5, 5.41) is 8.61. The Hall–Kier alpha value is 0.270. The van der Waals surface area contributed by atoms with Crippen molar-refractivity contribution in [3.05, 3.63) is 0 Å². The standard InChI is InChI=1S/C6H15NOS/c7-6(8)4-2-1-3-5-9/h6,8-9H,1-5,7H2. The van der Waals surface area contributed by atoms with Crippen molar-refractivity contribution in [1.82, 2.24) is 0 Å². The zero-order valence-corrected chi connectivity index (χ0v) is 6.48. The fourth-order valence-electron chi connectivity index (χ4n) is 0.642. The molecule has 0 aliphatic heterocycles. The van der Waals surface area contributed by atoms with Gasteiger partial charge in [0.25, 0.3) is 0 Å². The van der Waals surface area contributed by atoms with Crippen LogP contribution in [0.25, 0.3) is 0 Å². The first-order valence-electron chi connectivity index (χ1n) is 3.32. The van der Waals surface area contributed by atoms with Gasteiger partial charge in [-0.2, -0.15) is 12.6 Å². The van der Waals surface area contributed by atoms with Crippen molar-refractivity contribution in [2.45, 2.75) is 31.9 Å². The first-order chi connectivity index (χ1) is 4.27. The number of thiol groups is 1. The monoisotopic (exact) mass is 149 g/mol. The molecule has 0 aliphatic carbocycles. The van der Waals surface area contributed by atoms with Gasteiger partial charge in [-0.25, -0.2) is 0 Å². The molecule has 0 saturated carbocycles. The van der Waals surface area contributed by atoms with Crippen LogP contribution in [-0.2, 0) is 0 Å². The molecule has 9 heavy (non-hydrogen) atoms. The van der Waals surface area contributed by atoms with Gasteiger partial charge in [0.15, 0.2) is 0 Å². The molecule has 0 bridgehead atoms. The van der Waals surface area contributed by atoms with Crippen LogP contribution in [0.2, 0.25) is 0 Å². The van der Waals surface area contributed by atoms with Gasteiger partial charge in [-0.3, -0.25) is 0 Å². The molecule has 0 fully saturated rings. The summed E-state index contributed by atoms with van der Waals surface area (Å²) in [6, 6.07) is 0. The van der Waals surface area contributed by atoms with Gasteiger partial charge in [0.1, 0.15) is 6.23 Å². The predicted molar refractivity (Wildman–Crippen MR) is 42.5 cm³/mol. The Morgan fingerprint density at radius 1 is 1.33 bits per heavy atom. The normalized spacial score (nSPS) is 13.7. The van der Waals surface area contributed by atoms with Gasteiger partial charge in [-0.15, -0.1) is 0 Å². The first-order valence-corrected chi connectivity index (χ1v) is 3.95. The lowest BCUT2D eigenvalue weighted by Crippen LogP contribution is -2.17. The Balaban J connectivity index is 2.75. The Kier molecular flexibility index (Phi) is 6.58. The van der Waals surface area contributed by atoms with Gasteiger partial charge in [-0.1, -0.05) is 6.42 Å². The molecule has 0 rings (SSSR count). The number of aliphatic hydroxyl groups is 1. The number of hydrogen-bond acceptors (Lipinski definition) is 3. The van der Waals surface area contributed by atoms with Crippen molar-refractivity contribution in [2.75, 3.05) is 5.75 Å². The second-order valence-electron chi connectivity index (χ2n) is 2.14. The number of nitrogens with two attached hydrogens (primary N) is 1. The molecule has 2 nitrogen and oxygen atoms in total. The van der Waals surface area contributed by atoms with Crippen molar-refractivity contribution >= 4 is 12.6 Å². The molecule has 0 heterocycles. The summed E-state index contributed by atoms with van der Waals surface area (Å²) in [4.78, 5) is 0. The third-order valence-corrected chi connectivity index (χ3v) is 1.47. The maximum absolute atomic E-state index is 8.61. The highest BCUT2D eigenvalue weighted by Gasteiger charge is 1.93. The molecular formula is C6H15NOS. The molecule has 1 unspecified atom stereocenters. The van der Waals surface area contributed by atoms with Crippen LogP contribution in [0.5, 0.6) is 0 Å². The van der Waals surface area contributed by atoms with Gasteiger partial charge in [0.05, 0.1) is 0 Å². The highest BCUT2D eigenvalue weighted by Crippen LogP contribution is 2.01. The van der Waals surface area contributed by atoms with E-state index >= 15 is 0 Å². The molecule has 1 atom stereocenters. The van der Waals surface area contributed by atoms with E-state index in [2.05, 4.69) is 12.6 Å². The average Bonchev–Trinajstić information content (AvgIpc) is 1.80. The molecule has 0 radical (unpaired) electrons. The highest BCUT2D eigenvalue weighted by atomic mass is 32.1. The minimum Gasteiger partial charge on any atom is -0.379 e. The van der Waals surface area contributed by atoms with E-state index in [1.807, 2.05) is 0 Å². The molecule has 3 heteroatoms. The largest absolute Gasteiger partial charge is 0.379 e. The topological polar surface area (TPSA) is 46.2 Å². The van der Waals surface area contributed by atoms with Gasteiger partial charge < -0.3 is 10.8 Å². The van der Waals surface area contributed by atoms with Gasteiger partial charge in [0, 0.05) is 0 Å². The quantitative estimate of drug-likeness (QED) is 0.307. The van der Waals surface area contributed by atoms with Crippen molar-refractivity contribution in [1.29, 1.82) is 0 Å². The smallest absolute Gasteiger partial charge is 0.102 e. The van der Waals surface area contributed by atoms with Gasteiger partial charge >= 0.3 is 0 Å². The lowest BCUT2D eigenvalue weighted by molar-refractivity contribution is 0.168. The number of aliphatic hydroxyl groups excluding tert-OH is 1. The first kappa shape index (κ1) is 9.27. The zero-order valence-electron chi connectivity index (χ0n) is 5.58. The Labute approximate surface area is 61.9 Å². The number of hydrogen-bond donors (Lipinski definition) is 3. The Bertz CT molecular complexity index is 59.0. The van der Waals surface area contributed by atoms with E-state index in [0.29, 0.717) is 6.42 Å². The maximum atomic E-state index is 8.61. The van der Waals surface area contributed by atoms with Crippen LogP contribution in [0, 0.1) is 0 Å². The van der Waals surface area contributed by atoms with E-state index in [1.54, 1.807) is 0 Å². The van der Waals surface area contributed by atoms with Crippen LogP contribution in [0.4, 0.5) is 0 Å². The molecule has 0 aliphatic rings. The van der Waals surface area contributed by atoms with Crippen LogP contribution < -0.4 is 5.73 Å². The molecule has 0 amide bonds. The summed E-state index contributed by atoms with van der Waals surface area (Å²) in [6.45, 7) is 0. The maximum Gasteiger partial charge on any atom is 0.102 e. The zero-order chi connectivity index (χ0) is 7.11. The highest BCUT2D eigenvalue weighted by molar-refractivity contribution is 7.80. The van der Waals surface area contributed by atoms with E-state index in [9.17, 15) is 0 Å². The second kappa shape index (κ2) is 6.39. The van der Waals surface area contributed by atoms with Crippen molar-refractivity contribution < 1.29 is 5.11 Å². The lowest BCUT2D eigenvalue weighted by atomic mass is 10.2.